The summed E-state index contributed by atoms with van der Waals surface area (Å²) in [6.07, 6.45) is -0.0164. The largest absolute Gasteiger partial charge is 0.517 e. The van der Waals surface area contributed by atoms with Crippen LogP contribution in [-0.2, 0) is 15.1 Å². The monoisotopic (exact) mass is 398 g/mol. The Labute approximate surface area is 176 Å². The van der Waals surface area contributed by atoms with Gasteiger partial charge in [0.05, 0.1) is 13.5 Å². The van der Waals surface area contributed by atoms with E-state index < -0.39 is 5.54 Å². The van der Waals surface area contributed by atoms with E-state index in [2.05, 4.69) is 36.4 Å². The van der Waals surface area contributed by atoms with Gasteiger partial charge in [-0.05, 0) is 18.1 Å². The average Bonchev–Trinajstić information content (AvgIpc) is 3.26. The average molecular weight is 398 g/mol. The van der Waals surface area contributed by atoms with Crippen molar-refractivity contribution >= 4 is 11.9 Å². The van der Waals surface area contributed by atoms with Gasteiger partial charge in [0.15, 0.2) is 11.3 Å². The van der Waals surface area contributed by atoms with Gasteiger partial charge >= 0.3 is 6.09 Å². The van der Waals surface area contributed by atoms with Gasteiger partial charge in [0, 0.05) is 16.7 Å². The summed E-state index contributed by atoms with van der Waals surface area (Å²) in [6, 6.07) is 26.4. The fourth-order valence-corrected chi connectivity index (χ4v) is 5.84. The maximum absolute atomic E-state index is 13.7. The first-order valence-electron chi connectivity index (χ1n) is 10.3. The van der Waals surface area contributed by atoms with Crippen molar-refractivity contribution in [2.45, 2.75) is 24.9 Å². The molecule has 4 heteroatoms. The Kier molecular flexibility index (Phi) is 4.16. The second-order valence-electron chi connectivity index (χ2n) is 8.26. The van der Waals surface area contributed by atoms with Crippen molar-refractivity contribution < 1.29 is 18.8 Å². The van der Waals surface area contributed by atoms with Crippen molar-refractivity contribution in [1.29, 1.82) is 0 Å². The highest BCUT2D eigenvalue weighted by molar-refractivity contribution is 5.88. The van der Waals surface area contributed by atoms with Crippen molar-refractivity contribution in [3.63, 3.8) is 0 Å². The molecule has 4 nitrogen and oxygen atoms in total. The lowest BCUT2D eigenvalue weighted by molar-refractivity contribution is -0.910. The lowest BCUT2D eigenvalue weighted by Gasteiger charge is -2.49. The molecule has 2 atom stereocenters. The summed E-state index contributed by atoms with van der Waals surface area (Å²) in [7, 11) is 1.42. The van der Waals surface area contributed by atoms with Crippen molar-refractivity contribution in [3.8, 4) is 11.1 Å². The number of fused-ring (bicyclic) bond motifs is 3. The molecule has 0 radical (unpaired) electrons. The summed E-state index contributed by atoms with van der Waals surface area (Å²) in [4.78, 5) is 26.5. The van der Waals surface area contributed by atoms with Crippen LogP contribution in [0.5, 0.6) is 0 Å². The standard InChI is InChI=1S/C26H24NO3/c1-18-16-20(28)17-27(18,25(29)30-2)26(19-10-4-3-5-11-19)23-14-8-6-12-21(23)22-13-7-9-15-24(22)26/h3-15,18H,16-17H2,1-2H3/q+1/t18-,27?/m1/s1. The van der Waals surface area contributed by atoms with Crippen LogP contribution in [0.4, 0.5) is 4.79 Å². The number of rotatable bonds is 2. The highest BCUT2D eigenvalue weighted by Gasteiger charge is 2.69. The van der Waals surface area contributed by atoms with E-state index in [9.17, 15) is 9.59 Å². The Hall–Kier alpha value is -3.24. The van der Waals surface area contributed by atoms with E-state index in [1.165, 1.54) is 7.11 Å². The molecule has 0 spiro atoms. The van der Waals surface area contributed by atoms with Crippen molar-refractivity contribution in [2.75, 3.05) is 13.7 Å². The smallest absolute Gasteiger partial charge is 0.423 e. The van der Waals surface area contributed by atoms with Crippen molar-refractivity contribution in [2.24, 2.45) is 0 Å². The quantitative estimate of drug-likeness (QED) is 0.577. The molecule has 1 fully saturated rings. The van der Waals surface area contributed by atoms with Crippen LogP contribution in [0.25, 0.3) is 11.1 Å². The number of likely N-dealkylation sites (tertiary alicyclic amines) is 1. The predicted molar refractivity (Wildman–Crippen MR) is 115 cm³/mol. The van der Waals surface area contributed by atoms with Crippen LogP contribution in [0.3, 0.4) is 0 Å². The second kappa shape index (κ2) is 6.64. The molecule has 0 N–H and O–H groups in total. The zero-order chi connectivity index (χ0) is 20.9. The molecule has 1 unspecified atom stereocenters. The molecule has 0 aromatic heterocycles. The topological polar surface area (TPSA) is 43.4 Å². The van der Waals surface area contributed by atoms with Gasteiger partial charge in [0.2, 0.25) is 0 Å². The molecular weight excluding hydrogens is 374 g/mol. The second-order valence-corrected chi connectivity index (χ2v) is 8.26. The highest BCUT2D eigenvalue weighted by atomic mass is 16.5. The first-order chi connectivity index (χ1) is 14.6. The first-order valence-corrected chi connectivity index (χ1v) is 10.3. The molecule has 0 saturated carbocycles. The third-order valence-corrected chi connectivity index (χ3v) is 6.92. The number of Topliss-reactive ketones (excluding diaryl/α,β-unsaturated/α-hetero) is 1. The van der Waals surface area contributed by atoms with E-state index >= 15 is 0 Å². The maximum Gasteiger partial charge on any atom is 0.517 e. The van der Waals surface area contributed by atoms with Crippen LogP contribution in [-0.4, -0.2) is 36.1 Å². The molecule has 1 aliphatic carbocycles. The molecule has 3 aromatic rings. The summed E-state index contributed by atoms with van der Waals surface area (Å²) < 4.78 is 5.34. The Morgan fingerprint density at radius 2 is 1.43 bits per heavy atom. The zero-order valence-corrected chi connectivity index (χ0v) is 17.2. The number of hydrogen-bond acceptors (Lipinski definition) is 3. The summed E-state index contributed by atoms with van der Waals surface area (Å²) >= 11 is 0. The van der Waals surface area contributed by atoms with Gasteiger partial charge < -0.3 is 4.74 Å². The fraction of sp³-hybridized carbons (Fsp3) is 0.231. The van der Waals surface area contributed by atoms with E-state index in [-0.39, 0.29) is 28.9 Å². The number of methoxy groups -OCH3 is 1. The van der Waals surface area contributed by atoms with E-state index in [1.54, 1.807) is 0 Å². The van der Waals surface area contributed by atoms with E-state index in [1.807, 2.05) is 49.4 Å². The molecule has 150 valence electrons. The number of nitrogens with zero attached hydrogens (tertiary/aromatic N) is 1. The van der Waals surface area contributed by atoms with Crippen molar-refractivity contribution in [3.05, 3.63) is 95.6 Å². The van der Waals surface area contributed by atoms with Gasteiger partial charge in [-0.25, -0.2) is 0 Å². The van der Waals surface area contributed by atoms with Gasteiger partial charge in [-0.3, -0.25) is 4.79 Å². The van der Waals surface area contributed by atoms with Gasteiger partial charge in [0.1, 0.15) is 12.6 Å². The number of quaternary nitrogens is 1. The van der Waals surface area contributed by atoms with Crippen LogP contribution in [0.1, 0.15) is 30.0 Å². The van der Waals surface area contributed by atoms with E-state index in [0.717, 1.165) is 27.8 Å². The lowest BCUT2D eigenvalue weighted by atomic mass is 9.76. The maximum atomic E-state index is 13.7. The van der Waals surface area contributed by atoms with Gasteiger partial charge in [-0.15, -0.1) is 0 Å². The SMILES string of the molecule is COC(=O)[N+]1(C2(c3ccccc3)c3ccccc3-c3ccccc32)CC(=O)C[C@H]1C. The van der Waals surface area contributed by atoms with Crippen LogP contribution in [0.15, 0.2) is 78.9 Å². The van der Waals surface area contributed by atoms with Crippen LogP contribution in [0.2, 0.25) is 0 Å². The van der Waals surface area contributed by atoms with Crippen LogP contribution >= 0.6 is 0 Å². The Morgan fingerprint density at radius 1 is 0.900 bits per heavy atom. The van der Waals surface area contributed by atoms with Crippen LogP contribution < -0.4 is 0 Å². The summed E-state index contributed by atoms with van der Waals surface area (Å²) in [6.45, 7) is 2.11. The molecule has 1 saturated heterocycles. The zero-order valence-electron chi connectivity index (χ0n) is 17.2. The summed E-state index contributed by atoms with van der Waals surface area (Å²) in [5, 5.41) is 0. The Bertz CT molecular complexity index is 1110. The number of carbonyl (C=O) groups excluding carboxylic acids is 2. The fourth-order valence-electron chi connectivity index (χ4n) is 5.84. The highest BCUT2D eigenvalue weighted by Crippen LogP contribution is 2.59. The number of carbonyl (C=O) groups is 2. The van der Waals surface area contributed by atoms with Gasteiger partial charge in [-0.1, -0.05) is 78.9 Å². The minimum Gasteiger partial charge on any atom is -0.423 e. The molecule has 30 heavy (non-hydrogen) atoms. The lowest BCUT2D eigenvalue weighted by Crippen LogP contribution is -2.67. The third-order valence-electron chi connectivity index (χ3n) is 6.92. The molecule has 2 aliphatic rings. The number of hydrogen-bond donors (Lipinski definition) is 0. The summed E-state index contributed by atoms with van der Waals surface area (Å²) in [5.74, 6) is 0.0880. The molecule has 1 aliphatic heterocycles. The number of ketones is 1. The van der Waals surface area contributed by atoms with Gasteiger partial charge in [0.25, 0.3) is 0 Å². The molecule has 5 rings (SSSR count). The minimum absolute atomic E-state index is 0.0830. The molecule has 0 bridgehead atoms. The molecule has 3 aromatic carbocycles. The Balaban J connectivity index is 2.00. The predicted octanol–water partition coefficient (Wildman–Crippen LogP) is 4.90. The van der Waals surface area contributed by atoms with Crippen LogP contribution in [0, 0.1) is 0 Å². The number of benzene rings is 3. The number of amides is 1. The first kappa shape index (κ1) is 18.8. The normalized spacial score (nSPS) is 23.7. The van der Waals surface area contributed by atoms with Crippen molar-refractivity contribution in [1.82, 2.24) is 0 Å². The third kappa shape index (κ3) is 2.14. The molecule has 1 heterocycles. The van der Waals surface area contributed by atoms with Gasteiger partial charge in [-0.2, -0.15) is 9.28 Å². The van der Waals surface area contributed by atoms with E-state index in [0.29, 0.717) is 6.42 Å². The Morgan fingerprint density at radius 3 is 1.93 bits per heavy atom. The summed E-state index contributed by atoms with van der Waals surface area (Å²) in [5.41, 5.74) is 4.44. The number of ether oxygens (including phenoxy) is 1. The molecule has 1 amide bonds. The molecular formula is C26H24NO3+. The van der Waals surface area contributed by atoms with E-state index in [4.69, 9.17) is 4.74 Å². The minimum atomic E-state index is -0.854.